The van der Waals surface area contributed by atoms with Crippen molar-refractivity contribution < 1.29 is 4.79 Å². The van der Waals surface area contributed by atoms with Crippen molar-refractivity contribution in [1.29, 1.82) is 0 Å². The number of carbonyl (C=O) groups is 1. The first-order valence-corrected chi connectivity index (χ1v) is 8.74. The lowest BCUT2D eigenvalue weighted by Gasteiger charge is -2.37. The van der Waals surface area contributed by atoms with Crippen molar-refractivity contribution in [2.75, 3.05) is 26.2 Å². The minimum atomic E-state index is 0.161. The zero-order chi connectivity index (χ0) is 15.1. The average molecular weight is 302 g/mol. The van der Waals surface area contributed by atoms with Crippen molar-refractivity contribution in [1.82, 2.24) is 19.4 Å². The summed E-state index contributed by atoms with van der Waals surface area (Å²) in [7, 11) is 2.07. The van der Waals surface area contributed by atoms with Crippen LogP contribution in [0.15, 0.2) is 6.33 Å². The number of aryl methyl sites for hydroxylation is 1. The van der Waals surface area contributed by atoms with Gasteiger partial charge in [-0.2, -0.15) is 0 Å². The highest BCUT2D eigenvalue weighted by atomic mass is 16.2. The number of carbonyl (C=O) groups excluding carboxylic acids is 1. The largest absolute Gasteiger partial charge is 0.337 e. The van der Waals surface area contributed by atoms with Crippen LogP contribution in [0.25, 0.3) is 0 Å². The number of imidazole rings is 1. The summed E-state index contributed by atoms with van der Waals surface area (Å²) in [6.45, 7) is 4.16. The van der Waals surface area contributed by atoms with Crippen LogP contribution >= 0.6 is 0 Å². The van der Waals surface area contributed by atoms with E-state index in [0.29, 0.717) is 11.8 Å². The molecule has 1 amide bonds. The molecule has 4 rings (SSSR count). The van der Waals surface area contributed by atoms with E-state index in [1.165, 1.54) is 44.5 Å². The smallest absolute Gasteiger partial charge is 0.223 e. The Bertz CT molecular complexity index is 557. The molecule has 3 heterocycles. The SMILES string of the molecule is Cn1cnc2c1CCN(C(=O)CC1CC1)[C@@H]2CN1CCCC1. The Morgan fingerprint density at radius 3 is 2.77 bits per heavy atom. The van der Waals surface area contributed by atoms with Crippen LogP contribution in [-0.4, -0.2) is 51.4 Å². The van der Waals surface area contributed by atoms with Crippen molar-refractivity contribution in [3.63, 3.8) is 0 Å². The van der Waals surface area contributed by atoms with Crippen molar-refractivity contribution in [3.8, 4) is 0 Å². The molecule has 1 saturated heterocycles. The van der Waals surface area contributed by atoms with Crippen LogP contribution < -0.4 is 0 Å². The number of hydrogen-bond donors (Lipinski definition) is 0. The Kier molecular flexibility index (Phi) is 3.68. The van der Waals surface area contributed by atoms with Crippen LogP contribution in [0, 0.1) is 5.92 Å². The average Bonchev–Trinajstić information content (AvgIpc) is 3.02. The van der Waals surface area contributed by atoms with Crippen LogP contribution in [0.2, 0.25) is 0 Å². The summed E-state index contributed by atoms with van der Waals surface area (Å²) in [5.41, 5.74) is 2.46. The fraction of sp³-hybridized carbons (Fsp3) is 0.765. The van der Waals surface area contributed by atoms with Crippen LogP contribution in [0.1, 0.15) is 49.5 Å². The molecule has 0 unspecified atom stereocenters. The van der Waals surface area contributed by atoms with Gasteiger partial charge in [-0.3, -0.25) is 4.79 Å². The van der Waals surface area contributed by atoms with Crippen molar-refractivity contribution in [2.24, 2.45) is 13.0 Å². The highest BCUT2D eigenvalue weighted by Crippen LogP contribution is 2.36. The van der Waals surface area contributed by atoms with Gasteiger partial charge in [-0.05, 0) is 44.7 Å². The van der Waals surface area contributed by atoms with Crippen LogP contribution in [-0.2, 0) is 18.3 Å². The molecule has 1 aromatic rings. The van der Waals surface area contributed by atoms with Crippen LogP contribution in [0.3, 0.4) is 0 Å². The van der Waals surface area contributed by atoms with E-state index in [-0.39, 0.29) is 6.04 Å². The lowest BCUT2D eigenvalue weighted by atomic mass is 10.0. The van der Waals surface area contributed by atoms with Gasteiger partial charge in [0.25, 0.3) is 0 Å². The predicted octanol–water partition coefficient (Wildman–Crippen LogP) is 1.74. The van der Waals surface area contributed by atoms with Gasteiger partial charge in [0, 0.05) is 38.7 Å². The minimum absolute atomic E-state index is 0.161. The molecule has 1 aliphatic carbocycles. The molecule has 0 N–H and O–H groups in total. The molecular formula is C17H26N4O. The number of aromatic nitrogens is 2. The van der Waals surface area contributed by atoms with E-state index in [1.54, 1.807) is 0 Å². The third-order valence-corrected chi connectivity index (χ3v) is 5.48. The highest BCUT2D eigenvalue weighted by molar-refractivity contribution is 5.77. The van der Waals surface area contributed by atoms with Crippen molar-refractivity contribution in [3.05, 3.63) is 17.7 Å². The molecule has 1 saturated carbocycles. The summed E-state index contributed by atoms with van der Waals surface area (Å²) < 4.78 is 2.13. The number of amides is 1. The molecule has 22 heavy (non-hydrogen) atoms. The maximum Gasteiger partial charge on any atom is 0.223 e. The molecule has 5 nitrogen and oxygen atoms in total. The molecule has 0 spiro atoms. The molecule has 1 atom stereocenters. The maximum absolute atomic E-state index is 12.7. The van der Waals surface area contributed by atoms with E-state index in [4.69, 9.17) is 0 Å². The monoisotopic (exact) mass is 302 g/mol. The number of hydrogen-bond acceptors (Lipinski definition) is 3. The van der Waals surface area contributed by atoms with Gasteiger partial charge in [-0.15, -0.1) is 0 Å². The number of nitrogens with zero attached hydrogens (tertiary/aromatic N) is 4. The van der Waals surface area contributed by atoms with E-state index in [0.717, 1.165) is 31.6 Å². The van der Waals surface area contributed by atoms with Gasteiger partial charge in [0.05, 0.1) is 18.1 Å². The first-order valence-electron chi connectivity index (χ1n) is 8.74. The maximum atomic E-state index is 12.7. The van der Waals surface area contributed by atoms with Gasteiger partial charge in [-0.1, -0.05) is 0 Å². The molecule has 0 bridgehead atoms. The molecular weight excluding hydrogens is 276 g/mol. The van der Waals surface area contributed by atoms with Crippen LogP contribution in [0.4, 0.5) is 0 Å². The predicted molar refractivity (Wildman–Crippen MR) is 84.4 cm³/mol. The van der Waals surface area contributed by atoms with Gasteiger partial charge in [-0.25, -0.2) is 4.98 Å². The third kappa shape index (κ3) is 2.67. The Labute approximate surface area is 132 Å². The summed E-state index contributed by atoms with van der Waals surface area (Å²) in [5, 5.41) is 0. The molecule has 0 radical (unpaired) electrons. The minimum Gasteiger partial charge on any atom is -0.337 e. The van der Waals surface area contributed by atoms with Gasteiger partial charge >= 0.3 is 0 Å². The topological polar surface area (TPSA) is 41.4 Å². The zero-order valence-electron chi connectivity index (χ0n) is 13.5. The molecule has 2 fully saturated rings. The number of rotatable bonds is 4. The van der Waals surface area contributed by atoms with Crippen molar-refractivity contribution in [2.45, 2.75) is 44.6 Å². The van der Waals surface area contributed by atoms with Gasteiger partial charge in [0.2, 0.25) is 5.91 Å². The van der Waals surface area contributed by atoms with Crippen LogP contribution in [0.5, 0.6) is 0 Å². The molecule has 3 aliphatic rings. The lowest BCUT2D eigenvalue weighted by molar-refractivity contribution is -0.135. The second-order valence-corrected chi connectivity index (χ2v) is 7.20. The summed E-state index contributed by atoms with van der Waals surface area (Å²) in [6, 6.07) is 0.161. The second-order valence-electron chi connectivity index (χ2n) is 7.20. The first-order chi connectivity index (χ1) is 10.7. The quantitative estimate of drug-likeness (QED) is 0.851. The molecule has 1 aromatic heterocycles. The van der Waals surface area contributed by atoms with Gasteiger partial charge in [0.1, 0.15) is 0 Å². The zero-order valence-corrected chi connectivity index (χ0v) is 13.5. The second kappa shape index (κ2) is 5.69. The van der Waals surface area contributed by atoms with E-state index in [2.05, 4.69) is 26.4 Å². The summed E-state index contributed by atoms with van der Waals surface area (Å²) in [5.74, 6) is 1.01. The Morgan fingerprint density at radius 2 is 2.05 bits per heavy atom. The number of fused-ring (bicyclic) bond motifs is 1. The normalized spacial score (nSPS) is 25.5. The fourth-order valence-electron chi connectivity index (χ4n) is 3.97. The Morgan fingerprint density at radius 1 is 1.27 bits per heavy atom. The highest BCUT2D eigenvalue weighted by Gasteiger charge is 2.37. The lowest BCUT2D eigenvalue weighted by Crippen LogP contribution is -2.45. The van der Waals surface area contributed by atoms with E-state index in [1.807, 2.05) is 6.33 Å². The van der Waals surface area contributed by atoms with E-state index in [9.17, 15) is 4.79 Å². The Balaban J connectivity index is 1.57. The summed E-state index contributed by atoms with van der Waals surface area (Å²) >= 11 is 0. The summed E-state index contributed by atoms with van der Waals surface area (Å²) in [4.78, 5) is 22.0. The molecule has 2 aliphatic heterocycles. The fourth-order valence-corrected chi connectivity index (χ4v) is 3.97. The molecule has 120 valence electrons. The number of likely N-dealkylation sites (tertiary alicyclic amines) is 1. The summed E-state index contributed by atoms with van der Waals surface area (Å²) in [6.07, 6.45) is 8.67. The van der Waals surface area contributed by atoms with E-state index < -0.39 is 0 Å². The molecule has 5 heteroatoms. The first kappa shape index (κ1) is 14.2. The van der Waals surface area contributed by atoms with E-state index >= 15 is 0 Å². The van der Waals surface area contributed by atoms with Gasteiger partial charge in [0.15, 0.2) is 0 Å². The molecule has 0 aromatic carbocycles. The Hall–Kier alpha value is -1.36. The van der Waals surface area contributed by atoms with Gasteiger partial charge < -0.3 is 14.4 Å². The van der Waals surface area contributed by atoms with Crippen molar-refractivity contribution >= 4 is 5.91 Å². The standard InChI is InChI=1S/C17H26N4O/c1-19-12-18-17-14(19)6-9-21(16(22)10-13-4-5-13)15(17)11-20-7-2-3-8-20/h12-13,15H,2-11H2,1H3/t15-/m1/s1. The third-order valence-electron chi connectivity index (χ3n) is 5.48.